The van der Waals surface area contributed by atoms with Crippen molar-refractivity contribution in [1.29, 1.82) is 0 Å². The SMILES string of the molecule is CN(C(=O)COC(=O)Cn1[nH]c(=O)c2ccccc2c1=O)C1(c2ccccc2Cl)CCCCC1=O. The van der Waals surface area contributed by atoms with E-state index in [0.29, 0.717) is 23.4 Å². The van der Waals surface area contributed by atoms with Crippen LogP contribution in [-0.2, 0) is 31.2 Å². The monoisotopic (exact) mass is 497 g/mol. The number of nitrogens with one attached hydrogen (secondary N) is 1. The lowest BCUT2D eigenvalue weighted by atomic mass is 9.74. The summed E-state index contributed by atoms with van der Waals surface area (Å²) in [4.78, 5) is 64.7. The molecule has 1 unspecified atom stereocenters. The van der Waals surface area contributed by atoms with Gasteiger partial charge in [0.1, 0.15) is 12.1 Å². The van der Waals surface area contributed by atoms with Crippen LogP contribution in [0.25, 0.3) is 10.8 Å². The summed E-state index contributed by atoms with van der Waals surface area (Å²) < 4.78 is 5.96. The van der Waals surface area contributed by atoms with Crippen LogP contribution in [0.4, 0.5) is 0 Å². The predicted molar refractivity (Wildman–Crippen MR) is 129 cm³/mol. The number of Topliss-reactive ketones (excluding diaryl/α,β-unsaturated/α-hetero) is 1. The number of benzene rings is 2. The van der Waals surface area contributed by atoms with Gasteiger partial charge in [-0.3, -0.25) is 29.1 Å². The lowest BCUT2D eigenvalue weighted by Crippen LogP contribution is -2.55. The standard InChI is InChI=1S/C25H24ClN3O6/c1-28(25(13-7-6-12-20(25)30)18-10-4-5-11-19(18)26)21(31)15-35-22(32)14-29-24(34)17-9-3-2-8-16(17)23(33)27-29/h2-5,8-11H,6-7,12-15H2,1H3,(H,27,33). The first-order chi connectivity index (χ1) is 16.8. The van der Waals surface area contributed by atoms with E-state index in [1.54, 1.807) is 36.4 Å². The maximum atomic E-state index is 13.1. The first-order valence-corrected chi connectivity index (χ1v) is 11.6. The number of esters is 1. The molecule has 35 heavy (non-hydrogen) atoms. The van der Waals surface area contributed by atoms with Gasteiger partial charge in [0, 0.05) is 24.1 Å². The van der Waals surface area contributed by atoms with Gasteiger partial charge >= 0.3 is 5.97 Å². The Labute approximate surface area is 205 Å². The molecule has 10 heteroatoms. The second-order valence-electron chi connectivity index (χ2n) is 8.46. The van der Waals surface area contributed by atoms with Gasteiger partial charge < -0.3 is 9.64 Å². The van der Waals surface area contributed by atoms with Crippen LogP contribution in [0, 0.1) is 0 Å². The van der Waals surface area contributed by atoms with E-state index in [-0.39, 0.29) is 16.6 Å². The summed E-state index contributed by atoms with van der Waals surface area (Å²) in [7, 11) is 1.49. The molecule has 1 fully saturated rings. The molecule has 4 rings (SSSR count). The first-order valence-electron chi connectivity index (χ1n) is 11.2. The fourth-order valence-corrected chi connectivity index (χ4v) is 4.91. The topological polar surface area (TPSA) is 119 Å². The number of likely N-dealkylation sites (N-methyl/N-ethyl adjacent to an activating group) is 1. The van der Waals surface area contributed by atoms with Crippen molar-refractivity contribution in [3.8, 4) is 0 Å². The Morgan fingerprint density at radius 2 is 1.74 bits per heavy atom. The summed E-state index contributed by atoms with van der Waals surface area (Å²) in [6, 6.07) is 13.1. The maximum Gasteiger partial charge on any atom is 0.328 e. The van der Waals surface area contributed by atoms with Gasteiger partial charge in [-0.05, 0) is 37.5 Å². The molecule has 2 aromatic carbocycles. The molecule has 0 spiro atoms. The average Bonchev–Trinajstić information content (AvgIpc) is 2.86. The number of hydrogen-bond donors (Lipinski definition) is 1. The van der Waals surface area contributed by atoms with E-state index in [2.05, 4.69) is 5.10 Å². The number of fused-ring (bicyclic) bond motifs is 1. The zero-order chi connectivity index (χ0) is 25.2. The molecule has 0 saturated heterocycles. The third kappa shape index (κ3) is 4.51. The van der Waals surface area contributed by atoms with Crippen LogP contribution in [0.15, 0.2) is 58.1 Å². The number of aromatic amines is 1. The van der Waals surface area contributed by atoms with E-state index in [9.17, 15) is 24.0 Å². The number of H-pyrrole nitrogens is 1. The highest BCUT2D eigenvalue weighted by atomic mass is 35.5. The molecule has 1 saturated carbocycles. The first kappa shape index (κ1) is 24.4. The molecule has 0 aliphatic heterocycles. The third-order valence-corrected chi connectivity index (χ3v) is 6.78. The van der Waals surface area contributed by atoms with Crippen molar-refractivity contribution in [3.05, 3.63) is 79.8 Å². The Kier molecular flexibility index (Phi) is 6.88. The second-order valence-corrected chi connectivity index (χ2v) is 8.87. The minimum Gasteiger partial charge on any atom is -0.454 e. The molecule has 0 radical (unpaired) electrons. The molecule has 182 valence electrons. The number of halogens is 1. The van der Waals surface area contributed by atoms with Crippen molar-refractivity contribution in [3.63, 3.8) is 0 Å². The predicted octanol–water partition coefficient (Wildman–Crippen LogP) is 2.38. The second kappa shape index (κ2) is 9.87. The van der Waals surface area contributed by atoms with E-state index in [1.165, 1.54) is 24.1 Å². The number of ketones is 1. The van der Waals surface area contributed by atoms with Crippen molar-refractivity contribution >= 4 is 40.0 Å². The summed E-state index contributed by atoms with van der Waals surface area (Å²) in [6.45, 7) is -1.22. The highest BCUT2D eigenvalue weighted by molar-refractivity contribution is 6.31. The van der Waals surface area contributed by atoms with E-state index in [0.717, 1.165) is 17.5 Å². The van der Waals surface area contributed by atoms with Crippen LogP contribution >= 0.6 is 11.6 Å². The zero-order valence-corrected chi connectivity index (χ0v) is 19.8. The Bertz CT molecular complexity index is 1430. The van der Waals surface area contributed by atoms with E-state index < -0.39 is 41.7 Å². The highest BCUT2D eigenvalue weighted by Crippen LogP contribution is 2.42. The molecule has 1 aromatic heterocycles. The summed E-state index contributed by atoms with van der Waals surface area (Å²) in [6.07, 6.45) is 2.16. The quantitative estimate of drug-likeness (QED) is 0.522. The number of nitrogens with zero attached hydrogens (tertiary/aromatic N) is 2. The largest absolute Gasteiger partial charge is 0.454 e. The van der Waals surface area contributed by atoms with E-state index in [1.807, 2.05) is 0 Å². The van der Waals surface area contributed by atoms with Gasteiger partial charge in [-0.25, -0.2) is 4.68 Å². The van der Waals surface area contributed by atoms with Crippen molar-refractivity contribution in [2.75, 3.05) is 13.7 Å². The van der Waals surface area contributed by atoms with Crippen LogP contribution in [0.1, 0.15) is 31.2 Å². The van der Waals surface area contributed by atoms with Crippen LogP contribution < -0.4 is 11.1 Å². The smallest absolute Gasteiger partial charge is 0.328 e. The number of rotatable bonds is 6. The molecule has 1 heterocycles. The summed E-state index contributed by atoms with van der Waals surface area (Å²) >= 11 is 6.41. The normalized spacial score (nSPS) is 17.8. The molecule has 1 amide bonds. The van der Waals surface area contributed by atoms with Crippen molar-refractivity contribution < 1.29 is 19.1 Å². The Morgan fingerprint density at radius 1 is 1.06 bits per heavy atom. The Balaban J connectivity index is 1.51. The van der Waals surface area contributed by atoms with Crippen LogP contribution in [-0.4, -0.2) is 46.0 Å². The minimum absolute atomic E-state index is 0.126. The fraction of sp³-hybridized carbons (Fsp3) is 0.320. The average molecular weight is 498 g/mol. The van der Waals surface area contributed by atoms with Crippen LogP contribution in [0.2, 0.25) is 5.02 Å². The zero-order valence-electron chi connectivity index (χ0n) is 19.1. The maximum absolute atomic E-state index is 13.1. The lowest BCUT2D eigenvalue weighted by Gasteiger charge is -2.43. The summed E-state index contributed by atoms with van der Waals surface area (Å²) in [5.74, 6) is -1.60. The Hall–Kier alpha value is -3.72. The third-order valence-electron chi connectivity index (χ3n) is 6.45. The molecule has 1 N–H and O–H groups in total. The van der Waals surface area contributed by atoms with Gasteiger partial charge in [-0.2, -0.15) is 0 Å². The fourth-order valence-electron chi connectivity index (χ4n) is 4.61. The number of hydrogen-bond acceptors (Lipinski definition) is 6. The van der Waals surface area contributed by atoms with Crippen molar-refractivity contribution in [2.24, 2.45) is 0 Å². The lowest BCUT2D eigenvalue weighted by molar-refractivity contribution is -0.158. The summed E-state index contributed by atoms with van der Waals surface area (Å²) in [5, 5.41) is 3.09. The molecule has 3 aromatic rings. The number of carbonyl (C=O) groups excluding carboxylic acids is 3. The summed E-state index contributed by atoms with van der Waals surface area (Å²) in [5.41, 5.74) is -1.80. The molecule has 1 atom stereocenters. The molecular weight excluding hydrogens is 474 g/mol. The Morgan fingerprint density at radius 3 is 2.46 bits per heavy atom. The van der Waals surface area contributed by atoms with Gasteiger partial charge in [0.15, 0.2) is 12.4 Å². The highest BCUT2D eigenvalue weighted by Gasteiger charge is 2.48. The molecule has 1 aliphatic carbocycles. The van der Waals surface area contributed by atoms with Crippen molar-refractivity contribution in [1.82, 2.24) is 14.7 Å². The van der Waals surface area contributed by atoms with E-state index in [4.69, 9.17) is 16.3 Å². The van der Waals surface area contributed by atoms with E-state index >= 15 is 0 Å². The van der Waals surface area contributed by atoms with Crippen LogP contribution in [0.5, 0.6) is 0 Å². The van der Waals surface area contributed by atoms with Gasteiger partial charge in [0.05, 0.1) is 10.8 Å². The number of carbonyl (C=O) groups is 3. The molecular formula is C25H24ClN3O6. The van der Waals surface area contributed by atoms with Gasteiger partial charge in [-0.1, -0.05) is 41.9 Å². The number of amides is 1. The molecule has 9 nitrogen and oxygen atoms in total. The van der Waals surface area contributed by atoms with Crippen LogP contribution in [0.3, 0.4) is 0 Å². The van der Waals surface area contributed by atoms with Gasteiger partial charge in [-0.15, -0.1) is 0 Å². The van der Waals surface area contributed by atoms with Gasteiger partial charge in [0.2, 0.25) is 0 Å². The number of ether oxygens (including phenoxy) is 1. The minimum atomic E-state index is -1.25. The molecule has 0 bridgehead atoms. The molecule has 1 aliphatic rings. The number of aromatic nitrogens is 2. The van der Waals surface area contributed by atoms with Crippen molar-refractivity contribution in [2.45, 2.75) is 37.8 Å². The van der Waals surface area contributed by atoms with Gasteiger partial charge in [0.25, 0.3) is 17.0 Å².